The lowest BCUT2D eigenvalue weighted by Crippen LogP contribution is -2.04. The van der Waals surface area contributed by atoms with E-state index >= 15 is 0 Å². The lowest BCUT2D eigenvalue weighted by Gasteiger charge is -2.20. The van der Waals surface area contributed by atoms with E-state index in [1.165, 1.54) is 36.0 Å². The van der Waals surface area contributed by atoms with Crippen molar-refractivity contribution in [3.63, 3.8) is 0 Å². The summed E-state index contributed by atoms with van der Waals surface area (Å²) in [5.74, 6) is 0.829. The van der Waals surface area contributed by atoms with E-state index in [0.29, 0.717) is 0 Å². The van der Waals surface area contributed by atoms with Gasteiger partial charge >= 0.3 is 0 Å². The SMILES string of the molecule is C=CC.CCC1CC=C(c2ccc(-c3n[nH]c4ccc(-c5cccc(C)c5C)nc34)cn2)CC1. The molecule has 34 heavy (non-hydrogen) atoms. The summed E-state index contributed by atoms with van der Waals surface area (Å²) < 4.78 is 0. The molecule has 0 saturated carbocycles. The van der Waals surface area contributed by atoms with Crippen molar-refractivity contribution in [3.05, 3.63) is 84.2 Å². The van der Waals surface area contributed by atoms with Crippen LogP contribution in [-0.4, -0.2) is 20.2 Å². The zero-order valence-electron chi connectivity index (χ0n) is 20.7. The fourth-order valence-electron chi connectivity index (χ4n) is 4.49. The van der Waals surface area contributed by atoms with Crippen LogP contribution in [-0.2, 0) is 0 Å². The first-order chi connectivity index (χ1) is 16.5. The van der Waals surface area contributed by atoms with Crippen LogP contribution in [0, 0.1) is 19.8 Å². The number of hydrogen-bond acceptors (Lipinski definition) is 3. The van der Waals surface area contributed by atoms with Gasteiger partial charge in [-0.05, 0) is 86.9 Å². The van der Waals surface area contributed by atoms with Gasteiger partial charge in [0.25, 0.3) is 0 Å². The van der Waals surface area contributed by atoms with Gasteiger partial charge in [0.1, 0.15) is 11.2 Å². The molecule has 0 amide bonds. The molecule has 3 heterocycles. The van der Waals surface area contributed by atoms with Crippen LogP contribution in [0.2, 0.25) is 0 Å². The molecular formula is C30H34N4. The third-order valence-electron chi connectivity index (χ3n) is 6.75. The molecule has 1 unspecified atom stereocenters. The molecule has 3 aromatic heterocycles. The maximum Gasteiger partial charge on any atom is 0.120 e. The molecule has 5 rings (SSSR count). The number of nitrogens with one attached hydrogen (secondary N) is 1. The molecule has 0 radical (unpaired) electrons. The summed E-state index contributed by atoms with van der Waals surface area (Å²) in [5, 5.41) is 7.69. The third kappa shape index (κ3) is 4.86. The molecule has 4 heteroatoms. The molecule has 0 aliphatic heterocycles. The lowest BCUT2D eigenvalue weighted by atomic mass is 9.86. The second-order valence-electron chi connectivity index (χ2n) is 9.03. The second-order valence-corrected chi connectivity index (χ2v) is 9.03. The van der Waals surface area contributed by atoms with Crippen molar-refractivity contribution in [1.29, 1.82) is 0 Å². The minimum absolute atomic E-state index is 0.829. The molecule has 0 saturated heterocycles. The molecule has 1 atom stereocenters. The van der Waals surface area contributed by atoms with Gasteiger partial charge < -0.3 is 0 Å². The summed E-state index contributed by atoms with van der Waals surface area (Å²) in [6, 6.07) is 14.7. The maximum atomic E-state index is 4.98. The molecule has 0 spiro atoms. The summed E-state index contributed by atoms with van der Waals surface area (Å²) >= 11 is 0. The summed E-state index contributed by atoms with van der Waals surface area (Å²) in [5.41, 5.74) is 10.8. The smallest absolute Gasteiger partial charge is 0.120 e. The Balaban J connectivity index is 0.000000868. The van der Waals surface area contributed by atoms with Gasteiger partial charge in [-0.3, -0.25) is 10.1 Å². The highest BCUT2D eigenvalue weighted by molar-refractivity contribution is 5.91. The average Bonchev–Trinajstić information content (AvgIpc) is 3.30. The monoisotopic (exact) mass is 450 g/mol. The first kappa shape index (κ1) is 23.6. The van der Waals surface area contributed by atoms with Crippen molar-refractivity contribution in [2.24, 2.45) is 5.92 Å². The number of aromatic nitrogens is 4. The zero-order chi connectivity index (χ0) is 24.1. The molecule has 0 bridgehead atoms. The van der Waals surface area contributed by atoms with E-state index in [4.69, 9.17) is 9.97 Å². The van der Waals surface area contributed by atoms with E-state index in [1.54, 1.807) is 6.08 Å². The Morgan fingerprint density at radius 1 is 1.09 bits per heavy atom. The van der Waals surface area contributed by atoms with Gasteiger partial charge in [-0.2, -0.15) is 5.10 Å². The first-order valence-corrected chi connectivity index (χ1v) is 12.2. The van der Waals surface area contributed by atoms with Crippen molar-refractivity contribution in [2.75, 3.05) is 0 Å². The number of aromatic amines is 1. The van der Waals surface area contributed by atoms with E-state index in [1.807, 2.05) is 13.1 Å². The number of hydrogen-bond donors (Lipinski definition) is 1. The van der Waals surface area contributed by atoms with Gasteiger partial charge in [-0.25, -0.2) is 4.98 Å². The lowest BCUT2D eigenvalue weighted by molar-refractivity contribution is 0.470. The number of rotatable bonds is 4. The average molecular weight is 451 g/mol. The van der Waals surface area contributed by atoms with Crippen LogP contribution < -0.4 is 0 Å². The van der Waals surface area contributed by atoms with Crippen molar-refractivity contribution >= 4 is 16.6 Å². The first-order valence-electron chi connectivity index (χ1n) is 12.2. The number of fused-ring (bicyclic) bond motifs is 1. The van der Waals surface area contributed by atoms with Gasteiger partial charge in [0, 0.05) is 17.3 Å². The highest BCUT2D eigenvalue weighted by Gasteiger charge is 2.16. The third-order valence-corrected chi connectivity index (χ3v) is 6.75. The number of benzene rings is 1. The van der Waals surface area contributed by atoms with Crippen molar-refractivity contribution in [2.45, 2.75) is 53.4 Å². The van der Waals surface area contributed by atoms with Gasteiger partial charge in [0.05, 0.1) is 16.9 Å². The Morgan fingerprint density at radius 3 is 2.56 bits per heavy atom. The van der Waals surface area contributed by atoms with Crippen LogP contribution in [0.4, 0.5) is 0 Å². The number of nitrogens with zero attached hydrogens (tertiary/aromatic N) is 3. The highest BCUT2D eigenvalue weighted by atomic mass is 15.1. The van der Waals surface area contributed by atoms with E-state index in [9.17, 15) is 0 Å². The van der Waals surface area contributed by atoms with E-state index in [2.05, 4.69) is 86.1 Å². The Morgan fingerprint density at radius 2 is 1.88 bits per heavy atom. The topological polar surface area (TPSA) is 54.5 Å². The number of allylic oxidation sites excluding steroid dienone is 3. The van der Waals surface area contributed by atoms with E-state index < -0.39 is 0 Å². The number of pyridine rings is 2. The molecule has 174 valence electrons. The Labute approximate surface area is 202 Å². The quantitative estimate of drug-likeness (QED) is 0.320. The van der Waals surface area contributed by atoms with E-state index in [-0.39, 0.29) is 0 Å². The van der Waals surface area contributed by atoms with Crippen molar-refractivity contribution in [3.8, 4) is 22.5 Å². The van der Waals surface area contributed by atoms with Gasteiger partial charge in [-0.1, -0.05) is 43.7 Å². The van der Waals surface area contributed by atoms with Crippen molar-refractivity contribution < 1.29 is 0 Å². The molecular weight excluding hydrogens is 416 g/mol. The normalized spacial score (nSPS) is 15.4. The predicted molar refractivity (Wildman–Crippen MR) is 144 cm³/mol. The summed E-state index contributed by atoms with van der Waals surface area (Å²) in [6.45, 7) is 11.8. The van der Waals surface area contributed by atoms with Crippen LogP contribution in [0.15, 0.2) is 67.4 Å². The van der Waals surface area contributed by atoms with E-state index in [0.717, 1.165) is 51.6 Å². The number of aryl methyl sites for hydroxylation is 1. The molecule has 4 aromatic rings. The molecule has 4 nitrogen and oxygen atoms in total. The Kier molecular flexibility index (Phi) is 7.36. The molecule has 1 aromatic carbocycles. The van der Waals surface area contributed by atoms with Crippen LogP contribution in [0.5, 0.6) is 0 Å². The Bertz CT molecular complexity index is 1310. The Hall–Kier alpha value is -3.53. The minimum atomic E-state index is 0.829. The van der Waals surface area contributed by atoms with Crippen LogP contribution in [0.3, 0.4) is 0 Å². The zero-order valence-corrected chi connectivity index (χ0v) is 20.7. The summed E-state index contributed by atoms with van der Waals surface area (Å²) in [6.07, 6.45) is 10.9. The van der Waals surface area contributed by atoms with Crippen LogP contribution in [0.25, 0.3) is 39.1 Å². The fourth-order valence-corrected chi connectivity index (χ4v) is 4.49. The number of H-pyrrole nitrogens is 1. The largest absolute Gasteiger partial charge is 0.276 e. The standard InChI is InChI=1S/C27H28N4.C3H6/c1-4-19-8-10-20(11-9-19)23-13-12-21(16-28-23)26-27-25(30-31-26)15-14-24(29-27)22-7-5-6-17(2)18(22)3;1-3-2/h5-7,10,12-16,19H,4,8-9,11H2,1-3H3,(H,30,31);3H,1H2,2H3. The minimum Gasteiger partial charge on any atom is -0.276 e. The summed E-state index contributed by atoms with van der Waals surface area (Å²) in [4.78, 5) is 9.75. The van der Waals surface area contributed by atoms with Crippen LogP contribution in [0.1, 0.15) is 56.4 Å². The van der Waals surface area contributed by atoms with Crippen molar-refractivity contribution in [1.82, 2.24) is 20.2 Å². The van der Waals surface area contributed by atoms with Gasteiger partial charge in [0.15, 0.2) is 0 Å². The van der Waals surface area contributed by atoms with Gasteiger partial charge in [-0.15, -0.1) is 6.58 Å². The van der Waals surface area contributed by atoms with Gasteiger partial charge in [0.2, 0.25) is 0 Å². The fraction of sp³-hybridized carbons (Fsp3) is 0.300. The molecule has 0 fully saturated rings. The van der Waals surface area contributed by atoms with Crippen LogP contribution >= 0.6 is 0 Å². The molecule has 1 aliphatic rings. The highest BCUT2D eigenvalue weighted by Crippen LogP contribution is 2.33. The summed E-state index contributed by atoms with van der Waals surface area (Å²) in [7, 11) is 0. The molecule has 1 aliphatic carbocycles. The second kappa shape index (κ2) is 10.6. The molecule has 1 N–H and O–H groups in total. The predicted octanol–water partition coefficient (Wildman–Crippen LogP) is 8.09. The maximum absolute atomic E-state index is 4.98.